The SMILES string of the molecule is CCC(Sc1cccc(NC(=O)C2CC2)c1)C(=O)Nc1cc(Cl)ccc1Cl. The molecule has 2 amide bonds. The molecule has 0 aliphatic heterocycles. The summed E-state index contributed by atoms with van der Waals surface area (Å²) in [7, 11) is 0. The van der Waals surface area contributed by atoms with Crippen molar-refractivity contribution in [3.63, 3.8) is 0 Å². The molecule has 0 saturated heterocycles. The van der Waals surface area contributed by atoms with Crippen molar-refractivity contribution in [1.82, 2.24) is 0 Å². The number of hydrogen-bond donors (Lipinski definition) is 2. The summed E-state index contributed by atoms with van der Waals surface area (Å²) in [6, 6.07) is 12.5. The van der Waals surface area contributed by atoms with E-state index in [2.05, 4.69) is 10.6 Å². The minimum Gasteiger partial charge on any atom is -0.326 e. The smallest absolute Gasteiger partial charge is 0.237 e. The largest absolute Gasteiger partial charge is 0.326 e. The number of hydrogen-bond acceptors (Lipinski definition) is 3. The molecule has 2 aromatic rings. The molecule has 142 valence electrons. The minimum atomic E-state index is -0.297. The Morgan fingerprint density at radius 1 is 1.15 bits per heavy atom. The summed E-state index contributed by atoms with van der Waals surface area (Å²) in [6.07, 6.45) is 2.57. The van der Waals surface area contributed by atoms with Gasteiger partial charge in [-0.25, -0.2) is 0 Å². The number of rotatable bonds is 7. The average Bonchev–Trinajstić information content (AvgIpc) is 3.48. The number of halogens is 2. The molecule has 3 rings (SSSR count). The Morgan fingerprint density at radius 3 is 2.63 bits per heavy atom. The maximum atomic E-state index is 12.7. The summed E-state index contributed by atoms with van der Waals surface area (Å²) in [4.78, 5) is 25.5. The Kier molecular flexibility index (Phi) is 6.68. The van der Waals surface area contributed by atoms with Gasteiger partial charge in [-0.1, -0.05) is 36.2 Å². The Hall–Kier alpha value is -1.69. The van der Waals surface area contributed by atoms with Crippen molar-refractivity contribution in [3.8, 4) is 0 Å². The highest BCUT2D eigenvalue weighted by Crippen LogP contribution is 2.32. The first-order chi connectivity index (χ1) is 13.0. The third kappa shape index (κ3) is 5.64. The Labute approximate surface area is 173 Å². The molecule has 1 saturated carbocycles. The summed E-state index contributed by atoms with van der Waals surface area (Å²) in [5.74, 6) is 0.0783. The summed E-state index contributed by atoms with van der Waals surface area (Å²) < 4.78 is 0. The zero-order chi connectivity index (χ0) is 19.4. The van der Waals surface area contributed by atoms with E-state index < -0.39 is 0 Å². The van der Waals surface area contributed by atoms with Crippen LogP contribution in [0.3, 0.4) is 0 Å². The van der Waals surface area contributed by atoms with Crippen molar-refractivity contribution >= 4 is 58.2 Å². The second kappa shape index (κ2) is 9.00. The monoisotopic (exact) mass is 422 g/mol. The van der Waals surface area contributed by atoms with Crippen LogP contribution in [0.5, 0.6) is 0 Å². The van der Waals surface area contributed by atoms with Crippen LogP contribution >= 0.6 is 35.0 Å². The molecule has 7 heteroatoms. The lowest BCUT2D eigenvalue weighted by molar-refractivity contribution is -0.117. The summed E-state index contributed by atoms with van der Waals surface area (Å²) >= 11 is 13.6. The van der Waals surface area contributed by atoms with E-state index in [1.165, 1.54) is 11.8 Å². The standard InChI is InChI=1S/C20H20Cl2N2O2S/c1-2-18(20(26)24-17-10-13(21)8-9-16(17)22)27-15-5-3-4-14(11-15)23-19(25)12-6-7-12/h3-5,8-12,18H,2,6-7H2,1H3,(H,23,25)(H,24,26). The number of nitrogens with one attached hydrogen (secondary N) is 2. The van der Waals surface area contributed by atoms with E-state index in [1.54, 1.807) is 18.2 Å². The lowest BCUT2D eigenvalue weighted by atomic mass is 10.2. The van der Waals surface area contributed by atoms with Gasteiger partial charge in [0, 0.05) is 21.5 Å². The van der Waals surface area contributed by atoms with Gasteiger partial charge in [-0.15, -0.1) is 11.8 Å². The van der Waals surface area contributed by atoms with Gasteiger partial charge in [-0.2, -0.15) is 0 Å². The molecule has 2 aromatic carbocycles. The lowest BCUT2D eigenvalue weighted by Gasteiger charge is -2.16. The van der Waals surface area contributed by atoms with Gasteiger partial charge in [0.25, 0.3) is 0 Å². The first kappa shape index (κ1) is 20.1. The molecule has 0 radical (unpaired) electrons. The fourth-order valence-corrected chi connectivity index (χ4v) is 3.88. The van der Waals surface area contributed by atoms with Crippen LogP contribution in [0.2, 0.25) is 10.0 Å². The molecule has 4 nitrogen and oxygen atoms in total. The van der Waals surface area contributed by atoms with Gasteiger partial charge < -0.3 is 10.6 Å². The molecule has 1 fully saturated rings. The quantitative estimate of drug-likeness (QED) is 0.549. The first-order valence-electron chi connectivity index (χ1n) is 8.79. The number of benzene rings is 2. The van der Waals surface area contributed by atoms with E-state index in [4.69, 9.17) is 23.2 Å². The van der Waals surface area contributed by atoms with Crippen LogP contribution in [0.4, 0.5) is 11.4 Å². The van der Waals surface area contributed by atoms with Gasteiger partial charge >= 0.3 is 0 Å². The van der Waals surface area contributed by atoms with Gasteiger partial charge in [0.1, 0.15) is 0 Å². The molecule has 0 aromatic heterocycles. The maximum Gasteiger partial charge on any atom is 0.237 e. The normalized spacial score (nSPS) is 14.5. The fourth-order valence-electron chi connectivity index (χ4n) is 2.53. The molecule has 1 unspecified atom stereocenters. The van der Waals surface area contributed by atoms with E-state index in [0.717, 1.165) is 23.4 Å². The van der Waals surface area contributed by atoms with Crippen LogP contribution in [0, 0.1) is 5.92 Å². The molecule has 1 aliphatic carbocycles. The molecule has 1 atom stereocenters. The number of anilines is 2. The number of carbonyl (C=O) groups is 2. The van der Waals surface area contributed by atoms with E-state index in [-0.39, 0.29) is 23.0 Å². The van der Waals surface area contributed by atoms with E-state index >= 15 is 0 Å². The lowest BCUT2D eigenvalue weighted by Crippen LogP contribution is -2.24. The van der Waals surface area contributed by atoms with E-state index in [0.29, 0.717) is 22.2 Å². The third-order valence-electron chi connectivity index (χ3n) is 4.18. The number of thioether (sulfide) groups is 1. The van der Waals surface area contributed by atoms with Gasteiger partial charge in [0.15, 0.2) is 0 Å². The number of amides is 2. The molecule has 0 bridgehead atoms. The second-order valence-electron chi connectivity index (χ2n) is 6.42. The highest BCUT2D eigenvalue weighted by atomic mass is 35.5. The molecule has 27 heavy (non-hydrogen) atoms. The molecule has 1 aliphatic rings. The predicted octanol–water partition coefficient (Wildman–Crippen LogP) is 5.85. The average molecular weight is 423 g/mol. The van der Waals surface area contributed by atoms with Crippen molar-refractivity contribution in [1.29, 1.82) is 0 Å². The van der Waals surface area contributed by atoms with Crippen LogP contribution in [-0.2, 0) is 9.59 Å². The Balaban J connectivity index is 1.66. The summed E-state index contributed by atoms with van der Waals surface area (Å²) in [5.41, 5.74) is 1.25. The molecular weight excluding hydrogens is 403 g/mol. The summed E-state index contributed by atoms with van der Waals surface area (Å²) in [5, 5.41) is 6.43. The zero-order valence-corrected chi connectivity index (χ0v) is 17.1. The fraction of sp³-hybridized carbons (Fsp3) is 0.300. The van der Waals surface area contributed by atoms with Crippen molar-refractivity contribution < 1.29 is 9.59 Å². The van der Waals surface area contributed by atoms with Gasteiger partial charge in [0.05, 0.1) is 16.0 Å². The predicted molar refractivity (Wildman–Crippen MR) is 113 cm³/mol. The maximum absolute atomic E-state index is 12.7. The molecule has 0 heterocycles. The highest BCUT2D eigenvalue weighted by Gasteiger charge is 2.29. The van der Waals surface area contributed by atoms with Crippen LogP contribution < -0.4 is 10.6 Å². The van der Waals surface area contributed by atoms with E-state index in [1.807, 2.05) is 31.2 Å². The third-order valence-corrected chi connectivity index (χ3v) is 6.10. The number of carbonyl (C=O) groups excluding carboxylic acids is 2. The topological polar surface area (TPSA) is 58.2 Å². The van der Waals surface area contributed by atoms with Crippen molar-refractivity contribution in [2.75, 3.05) is 10.6 Å². The molecule has 0 spiro atoms. The van der Waals surface area contributed by atoms with Crippen molar-refractivity contribution in [2.45, 2.75) is 36.3 Å². The van der Waals surface area contributed by atoms with Gasteiger partial charge in [0.2, 0.25) is 11.8 Å². The van der Waals surface area contributed by atoms with Crippen LogP contribution in [0.1, 0.15) is 26.2 Å². The van der Waals surface area contributed by atoms with E-state index in [9.17, 15) is 9.59 Å². The molecule has 2 N–H and O–H groups in total. The first-order valence-corrected chi connectivity index (χ1v) is 10.4. The Morgan fingerprint density at radius 2 is 1.93 bits per heavy atom. The van der Waals surface area contributed by atoms with Crippen LogP contribution in [-0.4, -0.2) is 17.1 Å². The van der Waals surface area contributed by atoms with Crippen LogP contribution in [0.25, 0.3) is 0 Å². The van der Waals surface area contributed by atoms with Crippen molar-refractivity contribution in [3.05, 3.63) is 52.5 Å². The van der Waals surface area contributed by atoms with Gasteiger partial charge in [-0.05, 0) is 55.7 Å². The second-order valence-corrected chi connectivity index (χ2v) is 8.54. The highest BCUT2D eigenvalue weighted by molar-refractivity contribution is 8.00. The Bertz CT molecular complexity index is 856. The summed E-state index contributed by atoms with van der Waals surface area (Å²) in [6.45, 7) is 1.95. The zero-order valence-electron chi connectivity index (χ0n) is 14.8. The minimum absolute atomic E-state index is 0.0672. The van der Waals surface area contributed by atoms with Crippen LogP contribution in [0.15, 0.2) is 47.4 Å². The van der Waals surface area contributed by atoms with Crippen molar-refractivity contribution in [2.24, 2.45) is 5.92 Å². The molecular formula is C20H20Cl2N2O2S. The van der Waals surface area contributed by atoms with Gasteiger partial charge in [-0.3, -0.25) is 9.59 Å².